The highest BCUT2D eigenvalue weighted by molar-refractivity contribution is 5.94. The van der Waals surface area contributed by atoms with Crippen molar-refractivity contribution in [2.24, 2.45) is 5.92 Å². The van der Waals surface area contributed by atoms with E-state index in [2.05, 4.69) is 10.3 Å². The lowest BCUT2D eigenvalue weighted by molar-refractivity contribution is -0.128. The van der Waals surface area contributed by atoms with E-state index < -0.39 is 0 Å². The zero-order valence-electron chi connectivity index (χ0n) is 14.6. The average molecular weight is 342 g/mol. The molecule has 1 aliphatic carbocycles. The SMILES string of the molecule is O=C1CCCN1CC1CCN(C(=O)c2ccc(NC3CC3)nc2)CC1. The fraction of sp³-hybridized carbons (Fsp3) is 0.632. The number of nitrogens with one attached hydrogen (secondary N) is 1. The zero-order valence-corrected chi connectivity index (χ0v) is 14.6. The molecular weight excluding hydrogens is 316 g/mol. The van der Waals surface area contributed by atoms with Crippen molar-refractivity contribution in [3.63, 3.8) is 0 Å². The maximum Gasteiger partial charge on any atom is 0.255 e. The van der Waals surface area contributed by atoms with Crippen LogP contribution in [0.5, 0.6) is 0 Å². The molecule has 3 fully saturated rings. The molecule has 25 heavy (non-hydrogen) atoms. The third-order valence-electron chi connectivity index (χ3n) is 5.49. The molecule has 3 aliphatic rings. The van der Waals surface area contributed by atoms with Gasteiger partial charge in [0.1, 0.15) is 5.82 Å². The molecule has 134 valence electrons. The molecule has 0 bridgehead atoms. The van der Waals surface area contributed by atoms with Gasteiger partial charge in [-0.05, 0) is 50.2 Å². The van der Waals surface area contributed by atoms with Crippen LogP contribution in [-0.2, 0) is 4.79 Å². The minimum absolute atomic E-state index is 0.0705. The summed E-state index contributed by atoms with van der Waals surface area (Å²) in [5.41, 5.74) is 0.662. The molecule has 2 saturated heterocycles. The topological polar surface area (TPSA) is 65.5 Å². The Morgan fingerprint density at radius 1 is 1.16 bits per heavy atom. The molecule has 2 amide bonds. The van der Waals surface area contributed by atoms with Crippen LogP contribution >= 0.6 is 0 Å². The minimum atomic E-state index is 0.0705. The molecule has 0 atom stereocenters. The van der Waals surface area contributed by atoms with Gasteiger partial charge in [-0.15, -0.1) is 0 Å². The van der Waals surface area contributed by atoms with Crippen molar-refractivity contribution in [1.29, 1.82) is 0 Å². The van der Waals surface area contributed by atoms with Crippen molar-refractivity contribution in [1.82, 2.24) is 14.8 Å². The summed E-state index contributed by atoms with van der Waals surface area (Å²) in [5, 5.41) is 3.34. The number of pyridine rings is 1. The second-order valence-corrected chi connectivity index (χ2v) is 7.53. The van der Waals surface area contributed by atoms with Gasteiger partial charge < -0.3 is 15.1 Å². The summed E-state index contributed by atoms with van der Waals surface area (Å²) in [7, 11) is 0. The van der Waals surface area contributed by atoms with Gasteiger partial charge in [0.15, 0.2) is 0 Å². The first-order valence-electron chi connectivity index (χ1n) is 9.49. The number of anilines is 1. The lowest BCUT2D eigenvalue weighted by Gasteiger charge is -2.34. The number of nitrogens with zero attached hydrogens (tertiary/aromatic N) is 3. The summed E-state index contributed by atoms with van der Waals surface area (Å²) in [6.07, 6.45) is 7.75. The normalized spacial score (nSPS) is 21.7. The van der Waals surface area contributed by atoms with E-state index in [1.54, 1.807) is 6.20 Å². The summed E-state index contributed by atoms with van der Waals surface area (Å²) in [6.45, 7) is 3.32. The molecule has 1 saturated carbocycles. The Hall–Kier alpha value is -2.11. The maximum absolute atomic E-state index is 12.6. The Morgan fingerprint density at radius 3 is 2.56 bits per heavy atom. The zero-order chi connectivity index (χ0) is 17.2. The fourth-order valence-electron chi connectivity index (χ4n) is 3.75. The Kier molecular flexibility index (Phi) is 4.59. The number of aromatic nitrogens is 1. The van der Waals surface area contributed by atoms with E-state index in [1.807, 2.05) is 21.9 Å². The standard InChI is InChI=1S/C19H26N4O2/c24-18-2-1-9-23(18)13-14-7-10-22(11-8-14)19(25)15-3-6-17(20-12-15)21-16-4-5-16/h3,6,12,14,16H,1-2,4-5,7-11,13H2,(H,20,21). The highest BCUT2D eigenvalue weighted by Gasteiger charge is 2.28. The molecule has 0 aromatic carbocycles. The van der Waals surface area contributed by atoms with Crippen LogP contribution in [0.4, 0.5) is 5.82 Å². The minimum Gasteiger partial charge on any atom is -0.367 e. The van der Waals surface area contributed by atoms with Gasteiger partial charge in [-0.3, -0.25) is 9.59 Å². The first kappa shape index (κ1) is 16.4. The largest absolute Gasteiger partial charge is 0.367 e. The highest BCUT2D eigenvalue weighted by atomic mass is 16.2. The third kappa shape index (κ3) is 3.94. The molecule has 6 nitrogen and oxygen atoms in total. The summed E-state index contributed by atoms with van der Waals surface area (Å²) in [5.74, 6) is 1.74. The summed E-state index contributed by atoms with van der Waals surface area (Å²) in [6, 6.07) is 4.34. The molecule has 0 radical (unpaired) electrons. The Labute approximate surface area is 148 Å². The summed E-state index contributed by atoms with van der Waals surface area (Å²) in [4.78, 5) is 32.7. The van der Waals surface area contributed by atoms with Crippen LogP contribution in [-0.4, -0.2) is 58.8 Å². The van der Waals surface area contributed by atoms with Crippen LogP contribution in [0.3, 0.4) is 0 Å². The van der Waals surface area contributed by atoms with Crippen LogP contribution in [0, 0.1) is 5.92 Å². The van der Waals surface area contributed by atoms with Crippen molar-refractivity contribution < 1.29 is 9.59 Å². The average Bonchev–Trinajstić information content (AvgIpc) is 3.37. The van der Waals surface area contributed by atoms with Gasteiger partial charge in [0.25, 0.3) is 5.91 Å². The van der Waals surface area contributed by atoms with Crippen LogP contribution in [0.15, 0.2) is 18.3 Å². The molecule has 1 aromatic heterocycles. The predicted molar refractivity (Wildman–Crippen MR) is 95.3 cm³/mol. The van der Waals surface area contributed by atoms with Gasteiger partial charge in [-0.2, -0.15) is 0 Å². The van der Waals surface area contributed by atoms with E-state index >= 15 is 0 Å². The van der Waals surface area contributed by atoms with E-state index in [0.29, 0.717) is 29.9 Å². The van der Waals surface area contributed by atoms with Gasteiger partial charge in [0.2, 0.25) is 5.91 Å². The van der Waals surface area contributed by atoms with Gasteiger partial charge in [-0.1, -0.05) is 0 Å². The molecule has 6 heteroatoms. The van der Waals surface area contributed by atoms with E-state index in [0.717, 1.165) is 51.3 Å². The Balaban J connectivity index is 1.27. The second-order valence-electron chi connectivity index (χ2n) is 7.53. The summed E-state index contributed by atoms with van der Waals surface area (Å²) < 4.78 is 0. The van der Waals surface area contributed by atoms with Gasteiger partial charge in [0, 0.05) is 44.8 Å². The first-order chi connectivity index (χ1) is 12.2. The van der Waals surface area contributed by atoms with E-state index in [1.165, 1.54) is 12.8 Å². The predicted octanol–water partition coefficient (Wildman–Crippen LogP) is 2.13. The van der Waals surface area contributed by atoms with Crippen LogP contribution < -0.4 is 5.32 Å². The lowest BCUT2D eigenvalue weighted by atomic mass is 9.96. The number of piperidine rings is 1. The number of hydrogen-bond donors (Lipinski definition) is 1. The van der Waals surface area contributed by atoms with Crippen LogP contribution in [0.1, 0.15) is 48.9 Å². The van der Waals surface area contributed by atoms with Crippen LogP contribution in [0.2, 0.25) is 0 Å². The lowest BCUT2D eigenvalue weighted by Crippen LogP contribution is -2.41. The molecular formula is C19H26N4O2. The quantitative estimate of drug-likeness (QED) is 0.890. The number of carbonyl (C=O) groups is 2. The monoisotopic (exact) mass is 342 g/mol. The fourth-order valence-corrected chi connectivity index (χ4v) is 3.75. The number of rotatable bonds is 5. The Bertz CT molecular complexity index is 633. The van der Waals surface area contributed by atoms with E-state index in [-0.39, 0.29) is 5.91 Å². The van der Waals surface area contributed by atoms with Gasteiger partial charge in [-0.25, -0.2) is 4.98 Å². The molecule has 0 spiro atoms. The van der Waals surface area contributed by atoms with Gasteiger partial charge >= 0.3 is 0 Å². The number of carbonyl (C=O) groups excluding carboxylic acids is 2. The number of amides is 2. The third-order valence-corrected chi connectivity index (χ3v) is 5.49. The smallest absolute Gasteiger partial charge is 0.255 e. The van der Waals surface area contributed by atoms with Crippen molar-refractivity contribution in [3.05, 3.63) is 23.9 Å². The molecule has 1 N–H and O–H groups in total. The maximum atomic E-state index is 12.6. The molecule has 4 rings (SSSR count). The van der Waals surface area contributed by atoms with Crippen LogP contribution in [0.25, 0.3) is 0 Å². The summed E-state index contributed by atoms with van der Waals surface area (Å²) >= 11 is 0. The van der Waals surface area contributed by atoms with Crippen molar-refractivity contribution in [3.8, 4) is 0 Å². The second kappa shape index (κ2) is 7.02. The number of hydrogen-bond acceptors (Lipinski definition) is 4. The van der Waals surface area contributed by atoms with Crippen molar-refractivity contribution in [2.45, 2.75) is 44.6 Å². The first-order valence-corrected chi connectivity index (χ1v) is 9.49. The van der Waals surface area contributed by atoms with Crippen molar-refractivity contribution >= 4 is 17.6 Å². The van der Waals surface area contributed by atoms with Gasteiger partial charge in [0.05, 0.1) is 5.56 Å². The number of likely N-dealkylation sites (tertiary alicyclic amines) is 2. The van der Waals surface area contributed by atoms with Crippen molar-refractivity contribution in [2.75, 3.05) is 31.5 Å². The Morgan fingerprint density at radius 2 is 1.96 bits per heavy atom. The van der Waals surface area contributed by atoms with E-state index in [4.69, 9.17) is 0 Å². The molecule has 2 aliphatic heterocycles. The molecule has 3 heterocycles. The molecule has 0 unspecified atom stereocenters. The molecule has 1 aromatic rings. The highest BCUT2D eigenvalue weighted by Crippen LogP contribution is 2.24. The van der Waals surface area contributed by atoms with E-state index in [9.17, 15) is 9.59 Å².